The number of hydrogen-bond acceptors (Lipinski definition) is 5. The zero-order valence-corrected chi connectivity index (χ0v) is 12.1. The third-order valence-corrected chi connectivity index (χ3v) is 3.61. The van der Waals surface area contributed by atoms with E-state index in [1.54, 1.807) is 30.5 Å². The van der Waals surface area contributed by atoms with E-state index in [9.17, 15) is 4.79 Å². The number of rotatable bonds is 2. The fourth-order valence-electron chi connectivity index (χ4n) is 2.43. The van der Waals surface area contributed by atoms with Gasteiger partial charge < -0.3 is 9.15 Å². The highest BCUT2D eigenvalue weighted by Gasteiger charge is 2.11. The maximum absolute atomic E-state index is 12.4. The average Bonchev–Trinajstić information content (AvgIpc) is 2.61. The second-order valence-electron chi connectivity index (χ2n) is 5.14. The average molecular weight is 304 g/mol. The van der Waals surface area contributed by atoms with Crippen molar-refractivity contribution in [3.05, 3.63) is 75.9 Å². The predicted octanol–water partition coefficient (Wildman–Crippen LogP) is 3.07. The largest absolute Gasteiger partial charge is 0.487 e. The smallest absolute Gasteiger partial charge is 0.199 e. The second kappa shape index (κ2) is 5.53. The SMILES string of the molecule is O=c1c(C=CC2=Cc3nnccc3OC2)coc2ccccc12. The fraction of sp³-hybridized carbons (Fsp3) is 0.0556. The molecule has 5 heteroatoms. The Bertz CT molecular complexity index is 1000. The van der Waals surface area contributed by atoms with Crippen LogP contribution in [0, 0.1) is 0 Å². The first kappa shape index (κ1) is 13.5. The number of ether oxygens (including phenoxy) is 1. The van der Waals surface area contributed by atoms with Crippen molar-refractivity contribution in [2.24, 2.45) is 0 Å². The quantitative estimate of drug-likeness (QED) is 0.728. The van der Waals surface area contributed by atoms with Crippen molar-refractivity contribution in [1.82, 2.24) is 10.2 Å². The molecule has 0 unspecified atom stereocenters. The van der Waals surface area contributed by atoms with Gasteiger partial charge in [-0.2, -0.15) is 5.10 Å². The molecule has 23 heavy (non-hydrogen) atoms. The molecule has 0 aliphatic carbocycles. The normalized spacial score (nSPS) is 13.7. The number of hydrogen-bond donors (Lipinski definition) is 0. The van der Waals surface area contributed by atoms with Gasteiger partial charge in [0.1, 0.15) is 29.9 Å². The lowest BCUT2D eigenvalue weighted by Crippen LogP contribution is -2.08. The first-order chi connectivity index (χ1) is 11.3. The molecule has 0 saturated carbocycles. The van der Waals surface area contributed by atoms with Crippen LogP contribution < -0.4 is 10.2 Å². The van der Waals surface area contributed by atoms with Gasteiger partial charge in [-0.05, 0) is 29.9 Å². The van der Waals surface area contributed by atoms with Crippen molar-refractivity contribution in [1.29, 1.82) is 0 Å². The monoisotopic (exact) mass is 304 g/mol. The molecule has 112 valence electrons. The highest BCUT2D eigenvalue weighted by atomic mass is 16.5. The van der Waals surface area contributed by atoms with Crippen LogP contribution in [0.25, 0.3) is 23.1 Å². The Morgan fingerprint density at radius 1 is 1.13 bits per heavy atom. The number of aromatic nitrogens is 2. The summed E-state index contributed by atoms with van der Waals surface area (Å²) in [5.41, 5.74) is 2.61. The summed E-state index contributed by atoms with van der Waals surface area (Å²) in [5.74, 6) is 0.711. The third-order valence-electron chi connectivity index (χ3n) is 3.61. The summed E-state index contributed by atoms with van der Waals surface area (Å²) in [5, 5.41) is 8.42. The molecule has 2 aromatic heterocycles. The molecule has 0 radical (unpaired) electrons. The van der Waals surface area contributed by atoms with E-state index in [-0.39, 0.29) is 5.43 Å². The first-order valence-electron chi connectivity index (χ1n) is 7.15. The van der Waals surface area contributed by atoms with E-state index in [4.69, 9.17) is 9.15 Å². The molecule has 5 nitrogen and oxygen atoms in total. The fourth-order valence-corrected chi connectivity index (χ4v) is 2.43. The van der Waals surface area contributed by atoms with Gasteiger partial charge in [0.2, 0.25) is 0 Å². The lowest BCUT2D eigenvalue weighted by Gasteiger charge is -2.13. The molecule has 4 rings (SSSR count). The molecule has 1 aliphatic heterocycles. The molecule has 0 atom stereocenters. The van der Waals surface area contributed by atoms with Crippen molar-refractivity contribution in [3.63, 3.8) is 0 Å². The van der Waals surface area contributed by atoms with E-state index in [1.807, 2.05) is 24.3 Å². The van der Waals surface area contributed by atoms with Crippen molar-refractivity contribution >= 4 is 23.1 Å². The molecule has 3 aromatic rings. The van der Waals surface area contributed by atoms with Crippen LogP contribution in [-0.2, 0) is 0 Å². The van der Waals surface area contributed by atoms with Gasteiger partial charge in [-0.25, -0.2) is 0 Å². The standard InChI is InChI=1S/C18H12N2O3/c21-18-13(11-23-16-4-2-1-3-14(16)18)6-5-12-9-15-17(22-10-12)7-8-19-20-15/h1-9,11H,10H2. The van der Waals surface area contributed by atoms with Crippen LogP contribution in [0.15, 0.2) is 63.7 Å². The zero-order valence-electron chi connectivity index (χ0n) is 12.1. The van der Waals surface area contributed by atoms with Crippen molar-refractivity contribution < 1.29 is 9.15 Å². The Labute approximate surface area is 131 Å². The van der Waals surface area contributed by atoms with Crippen LogP contribution in [0.4, 0.5) is 0 Å². The molecular weight excluding hydrogens is 292 g/mol. The minimum Gasteiger partial charge on any atom is -0.487 e. The van der Waals surface area contributed by atoms with Crippen molar-refractivity contribution in [3.8, 4) is 5.75 Å². The molecule has 0 amide bonds. The minimum absolute atomic E-state index is 0.0550. The number of benzene rings is 1. The van der Waals surface area contributed by atoms with Gasteiger partial charge in [0.15, 0.2) is 5.43 Å². The third kappa shape index (κ3) is 2.53. The Morgan fingerprint density at radius 3 is 3.00 bits per heavy atom. The van der Waals surface area contributed by atoms with Crippen LogP contribution in [0.5, 0.6) is 5.75 Å². The number of nitrogens with zero attached hydrogens (tertiary/aromatic N) is 2. The lowest BCUT2D eigenvalue weighted by molar-refractivity contribution is 0.348. The molecule has 3 heterocycles. The van der Waals surface area contributed by atoms with E-state index >= 15 is 0 Å². The van der Waals surface area contributed by atoms with E-state index < -0.39 is 0 Å². The summed E-state index contributed by atoms with van der Waals surface area (Å²) >= 11 is 0. The summed E-state index contributed by atoms with van der Waals surface area (Å²) in [6, 6.07) is 8.96. The van der Waals surface area contributed by atoms with Crippen LogP contribution in [-0.4, -0.2) is 16.8 Å². The Hall–Kier alpha value is -3.21. The highest BCUT2D eigenvalue weighted by Crippen LogP contribution is 2.23. The van der Waals surface area contributed by atoms with E-state index in [2.05, 4.69) is 10.2 Å². The second-order valence-corrected chi connectivity index (χ2v) is 5.14. The van der Waals surface area contributed by atoms with Gasteiger partial charge in [-0.3, -0.25) is 4.79 Å². The number of fused-ring (bicyclic) bond motifs is 2. The van der Waals surface area contributed by atoms with Gasteiger partial charge in [0.25, 0.3) is 0 Å². The highest BCUT2D eigenvalue weighted by molar-refractivity contribution is 5.78. The van der Waals surface area contributed by atoms with Crippen LogP contribution in [0.1, 0.15) is 11.3 Å². The Morgan fingerprint density at radius 2 is 2.04 bits per heavy atom. The van der Waals surface area contributed by atoms with E-state index in [1.165, 1.54) is 6.26 Å². The van der Waals surface area contributed by atoms with Gasteiger partial charge in [-0.1, -0.05) is 18.2 Å². The number of para-hydroxylation sites is 1. The van der Waals surface area contributed by atoms with Gasteiger partial charge in [0.05, 0.1) is 17.1 Å². The zero-order chi connectivity index (χ0) is 15.6. The van der Waals surface area contributed by atoms with Gasteiger partial charge >= 0.3 is 0 Å². The maximum atomic E-state index is 12.4. The molecule has 0 spiro atoms. The summed E-state index contributed by atoms with van der Waals surface area (Å²) in [4.78, 5) is 12.4. The van der Waals surface area contributed by atoms with Crippen molar-refractivity contribution in [2.75, 3.05) is 6.61 Å². The topological polar surface area (TPSA) is 65.2 Å². The lowest BCUT2D eigenvalue weighted by atomic mass is 10.1. The van der Waals surface area contributed by atoms with Crippen LogP contribution in [0.2, 0.25) is 0 Å². The molecule has 1 aliphatic rings. The summed E-state index contributed by atoms with van der Waals surface area (Å²) in [6.07, 6.45) is 8.52. The van der Waals surface area contributed by atoms with Gasteiger partial charge in [0, 0.05) is 6.07 Å². The van der Waals surface area contributed by atoms with Crippen LogP contribution >= 0.6 is 0 Å². The van der Waals surface area contributed by atoms with Crippen LogP contribution in [0.3, 0.4) is 0 Å². The Balaban J connectivity index is 1.69. The Kier molecular flexibility index (Phi) is 3.24. The minimum atomic E-state index is -0.0550. The summed E-state index contributed by atoms with van der Waals surface area (Å²) in [7, 11) is 0. The van der Waals surface area contributed by atoms with Crippen molar-refractivity contribution in [2.45, 2.75) is 0 Å². The molecule has 0 bridgehead atoms. The molecule has 0 fully saturated rings. The van der Waals surface area contributed by atoms with E-state index in [0.29, 0.717) is 34.6 Å². The molecule has 0 saturated heterocycles. The maximum Gasteiger partial charge on any atom is 0.199 e. The summed E-state index contributed by atoms with van der Waals surface area (Å²) in [6.45, 7) is 0.425. The molecule has 1 aromatic carbocycles. The molecular formula is C18H12N2O3. The summed E-state index contributed by atoms with van der Waals surface area (Å²) < 4.78 is 11.1. The van der Waals surface area contributed by atoms with E-state index in [0.717, 1.165) is 5.57 Å². The van der Waals surface area contributed by atoms with Gasteiger partial charge in [-0.15, -0.1) is 5.10 Å². The first-order valence-corrected chi connectivity index (χ1v) is 7.15. The predicted molar refractivity (Wildman–Crippen MR) is 87.0 cm³/mol. The molecule has 0 N–H and O–H groups in total.